The molecule has 4 aromatic rings. The summed E-state index contributed by atoms with van der Waals surface area (Å²) in [5.41, 5.74) is 2.83. The number of nitrogens with zero attached hydrogens (tertiary/aromatic N) is 4. The summed E-state index contributed by atoms with van der Waals surface area (Å²) < 4.78 is 20.0. The summed E-state index contributed by atoms with van der Waals surface area (Å²) in [5.74, 6) is 0.419. The second-order valence-electron chi connectivity index (χ2n) is 5.25. The Bertz CT molecular complexity index is 1010. The Morgan fingerprint density at radius 3 is 2.58 bits per heavy atom. The van der Waals surface area contributed by atoms with Gasteiger partial charge < -0.3 is 4.74 Å². The van der Waals surface area contributed by atoms with Gasteiger partial charge in [0.05, 0.1) is 24.7 Å². The van der Waals surface area contributed by atoms with Crippen LogP contribution in [0.25, 0.3) is 28.0 Å². The zero-order chi connectivity index (χ0) is 16.5. The Morgan fingerprint density at radius 1 is 0.958 bits per heavy atom. The number of halogens is 1. The number of benzene rings is 2. The molecule has 0 atom stereocenters. The van der Waals surface area contributed by atoms with Crippen LogP contribution < -0.4 is 4.74 Å². The molecule has 2 aromatic carbocycles. The van der Waals surface area contributed by atoms with Crippen LogP contribution >= 0.6 is 0 Å². The first-order valence-electron chi connectivity index (χ1n) is 7.37. The Morgan fingerprint density at radius 2 is 1.79 bits per heavy atom. The standard InChI is InChI=1S/C18H13FN4O/c1-24-17-4-2-3-12-5-10-15(20-18(12)17)16-11-23(22-21-16)14-8-6-13(19)7-9-14/h2-11H,1H3. The van der Waals surface area contributed by atoms with Gasteiger partial charge >= 0.3 is 0 Å². The molecular weight excluding hydrogens is 307 g/mol. The highest BCUT2D eigenvalue weighted by Crippen LogP contribution is 2.26. The number of aromatic nitrogens is 4. The highest BCUT2D eigenvalue weighted by atomic mass is 19.1. The third-order valence-electron chi connectivity index (χ3n) is 3.75. The van der Waals surface area contributed by atoms with Crippen molar-refractivity contribution in [1.29, 1.82) is 0 Å². The van der Waals surface area contributed by atoms with E-state index in [4.69, 9.17) is 4.74 Å². The minimum absolute atomic E-state index is 0.289. The fourth-order valence-corrected chi connectivity index (χ4v) is 2.53. The molecule has 0 aliphatic carbocycles. The molecular formula is C18H13FN4O. The van der Waals surface area contributed by atoms with Crippen molar-refractivity contribution in [2.24, 2.45) is 0 Å². The van der Waals surface area contributed by atoms with Gasteiger partial charge in [-0.1, -0.05) is 23.4 Å². The maximum Gasteiger partial charge on any atom is 0.145 e. The lowest BCUT2D eigenvalue weighted by atomic mass is 10.1. The van der Waals surface area contributed by atoms with Gasteiger partial charge in [-0.2, -0.15) is 0 Å². The lowest BCUT2D eigenvalue weighted by Gasteiger charge is -2.05. The Balaban J connectivity index is 1.76. The lowest BCUT2D eigenvalue weighted by molar-refractivity contribution is 0.419. The van der Waals surface area contributed by atoms with Crippen LogP contribution in [0.3, 0.4) is 0 Å². The largest absolute Gasteiger partial charge is 0.494 e. The molecule has 0 saturated heterocycles. The molecule has 5 nitrogen and oxygen atoms in total. The van der Waals surface area contributed by atoms with Gasteiger partial charge in [0, 0.05) is 5.39 Å². The van der Waals surface area contributed by atoms with Crippen molar-refractivity contribution in [2.45, 2.75) is 0 Å². The predicted molar refractivity (Wildman–Crippen MR) is 88.6 cm³/mol. The molecule has 0 amide bonds. The van der Waals surface area contributed by atoms with E-state index in [1.54, 1.807) is 30.1 Å². The second-order valence-corrected chi connectivity index (χ2v) is 5.25. The summed E-state index contributed by atoms with van der Waals surface area (Å²) in [5, 5.41) is 9.24. The zero-order valence-corrected chi connectivity index (χ0v) is 12.8. The fourth-order valence-electron chi connectivity index (χ4n) is 2.53. The first-order chi connectivity index (χ1) is 11.7. The van der Waals surface area contributed by atoms with E-state index in [1.807, 2.05) is 30.3 Å². The number of ether oxygens (including phenoxy) is 1. The maximum absolute atomic E-state index is 13.0. The molecule has 0 N–H and O–H groups in total. The molecule has 0 saturated carbocycles. The van der Waals surface area contributed by atoms with E-state index < -0.39 is 0 Å². The third kappa shape index (κ3) is 2.48. The minimum atomic E-state index is -0.289. The molecule has 24 heavy (non-hydrogen) atoms. The van der Waals surface area contributed by atoms with E-state index in [-0.39, 0.29) is 5.82 Å². The Labute approximate surface area is 137 Å². The normalized spacial score (nSPS) is 10.9. The topological polar surface area (TPSA) is 52.8 Å². The highest BCUT2D eigenvalue weighted by Gasteiger charge is 2.10. The van der Waals surface area contributed by atoms with Crippen LogP contribution in [0.4, 0.5) is 4.39 Å². The van der Waals surface area contributed by atoms with Gasteiger partial charge in [0.2, 0.25) is 0 Å². The van der Waals surface area contributed by atoms with Crippen LogP contribution in [-0.2, 0) is 0 Å². The molecule has 2 heterocycles. The number of hydrogen-bond donors (Lipinski definition) is 0. The average Bonchev–Trinajstić information content (AvgIpc) is 3.11. The van der Waals surface area contributed by atoms with Crippen molar-refractivity contribution < 1.29 is 9.13 Å². The second kappa shape index (κ2) is 5.73. The molecule has 0 aliphatic heterocycles. The number of rotatable bonds is 3. The number of hydrogen-bond acceptors (Lipinski definition) is 4. The van der Waals surface area contributed by atoms with Crippen molar-refractivity contribution >= 4 is 10.9 Å². The van der Waals surface area contributed by atoms with Crippen molar-refractivity contribution in [3.8, 4) is 22.8 Å². The molecule has 118 valence electrons. The quantitative estimate of drug-likeness (QED) is 0.578. The van der Waals surface area contributed by atoms with Crippen molar-refractivity contribution in [3.63, 3.8) is 0 Å². The molecule has 2 aromatic heterocycles. The minimum Gasteiger partial charge on any atom is -0.494 e. The van der Waals surface area contributed by atoms with Gasteiger partial charge in [0.25, 0.3) is 0 Å². The summed E-state index contributed by atoms with van der Waals surface area (Å²) in [6, 6.07) is 15.7. The summed E-state index contributed by atoms with van der Waals surface area (Å²) in [4.78, 5) is 4.64. The average molecular weight is 320 g/mol. The lowest BCUT2D eigenvalue weighted by Crippen LogP contribution is -1.94. The van der Waals surface area contributed by atoms with Crippen molar-refractivity contribution in [3.05, 3.63) is 66.6 Å². The number of methoxy groups -OCH3 is 1. The van der Waals surface area contributed by atoms with Crippen LogP contribution in [-0.4, -0.2) is 27.1 Å². The van der Waals surface area contributed by atoms with Gasteiger partial charge in [0.1, 0.15) is 22.8 Å². The molecule has 0 bridgehead atoms. The summed E-state index contributed by atoms with van der Waals surface area (Å²) in [6.45, 7) is 0. The molecule has 6 heteroatoms. The van der Waals surface area contributed by atoms with E-state index >= 15 is 0 Å². The van der Waals surface area contributed by atoms with Gasteiger partial charge in [-0.3, -0.25) is 0 Å². The van der Waals surface area contributed by atoms with Crippen LogP contribution in [0.15, 0.2) is 60.8 Å². The SMILES string of the molecule is COc1cccc2ccc(-c3cn(-c4ccc(F)cc4)nn3)nc12. The fraction of sp³-hybridized carbons (Fsp3) is 0.0556. The summed E-state index contributed by atoms with van der Waals surface area (Å²) >= 11 is 0. The van der Waals surface area contributed by atoms with Gasteiger partial charge in [-0.25, -0.2) is 14.1 Å². The molecule has 0 fully saturated rings. The molecule has 0 unspecified atom stereocenters. The highest BCUT2D eigenvalue weighted by molar-refractivity contribution is 5.86. The predicted octanol–water partition coefficient (Wildman–Crippen LogP) is 3.63. The number of pyridine rings is 1. The molecule has 0 aliphatic rings. The molecule has 0 spiro atoms. The summed E-state index contributed by atoms with van der Waals surface area (Å²) in [7, 11) is 1.62. The van der Waals surface area contributed by atoms with Crippen LogP contribution in [0.2, 0.25) is 0 Å². The van der Waals surface area contributed by atoms with E-state index in [2.05, 4.69) is 15.3 Å². The third-order valence-corrected chi connectivity index (χ3v) is 3.75. The van der Waals surface area contributed by atoms with Crippen molar-refractivity contribution in [1.82, 2.24) is 20.0 Å². The van der Waals surface area contributed by atoms with E-state index in [1.165, 1.54) is 12.1 Å². The summed E-state index contributed by atoms with van der Waals surface area (Å²) in [6.07, 6.45) is 1.76. The first-order valence-corrected chi connectivity index (χ1v) is 7.37. The van der Waals surface area contributed by atoms with Crippen molar-refractivity contribution in [2.75, 3.05) is 7.11 Å². The van der Waals surface area contributed by atoms with Crippen LogP contribution in [0.5, 0.6) is 5.75 Å². The van der Waals surface area contributed by atoms with E-state index in [9.17, 15) is 4.39 Å². The van der Waals surface area contributed by atoms with Gasteiger partial charge in [-0.05, 0) is 36.4 Å². The van der Waals surface area contributed by atoms with Crippen LogP contribution in [0, 0.1) is 5.82 Å². The van der Waals surface area contributed by atoms with Gasteiger partial charge in [0.15, 0.2) is 0 Å². The van der Waals surface area contributed by atoms with E-state index in [0.29, 0.717) is 17.1 Å². The smallest absolute Gasteiger partial charge is 0.145 e. The molecule has 4 rings (SSSR count). The Hall–Kier alpha value is -3.28. The molecule has 0 radical (unpaired) electrons. The zero-order valence-electron chi connectivity index (χ0n) is 12.8. The Kier molecular flexibility index (Phi) is 3.42. The maximum atomic E-state index is 13.0. The monoisotopic (exact) mass is 320 g/mol. The number of para-hydroxylation sites is 1. The first kappa shape index (κ1) is 14.3. The van der Waals surface area contributed by atoms with Crippen LogP contribution in [0.1, 0.15) is 0 Å². The number of fused-ring (bicyclic) bond motifs is 1. The van der Waals surface area contributed by atoms with Gasteiger partial charge in [-0.15, -0.1) is 5.10 Å². The van der Waals surface area contributed by atoms with E-state index in [0.717, 1.165) is 16.6 Å².